The number of hydrogen-bond donors (Lipinski definition) is 2. The van der Waals surface area contributed by atoms with Crippen LogP contribution in [-0.4, -0.2) is 54.2 Å². The van der Waals surface area contributed by atoms with Crippen LogP contribution in [0.3, 0.4) is 0 Å². The van der Waals surface area contributed by atoms with Gasteiger partial charge in [0.05, 0.1) is 0 Å². The maximum atomic E-state index is 4.07. The first kappa shape index (κ1) is 20.3. The van der Waals surface area contributed by atoms with Crippen LogP contribution in [-0.2, 0) is 0 Å². The predicted molar refractivity (Wildman–Crippen MR) is 134 cm³/mol. The van der Waals surface area contributed by atoms with Gasteiger partial charge in [-0.2, -0.15) is 0 Å². The average Bonchev–Trinajstić information content (AvgIpc) is 3.25. The van der Waals surface area contributed by atoms with Crippen LogP contribution in [0.5, 0.6) is 0 Å². The van der Waals surface area contributed by atoms with Gasteiger partial charge in [0.2, 0.25) is 0 Å². The molecule has 0 radical (unpaired) electrons. The van der Waals surface area contributed by atoms with Gasteiger partial charge in [-0.15, -0.1) is 0 Å². The topological polar surface area (TPSA) is 34.3 Å². The number of hydrogen-bond acceptors (Lipinski definition) is 3. The molecule has 1 aromatic heterocycles. The fourth-order valence-corrected chi connectivity index (χ4v) is 6.49. The van der Waals surface area contributed by atoms with Crippen molar-refractivity contribution in [2.45, 2.75) is 69.1 Å². The van der Waals surface area contributed by atoms with E-state index in [0.717, 1.165) is 31.2 Å². The smallest absolute Gasteiger partial charge is 0.0465 e. The van der Waals surface area contributed by atoms with Crippen molar-refractivity contribution >= 4 is 16.6 Å². The number of piperidine rings is 3. The molecule has 3 aromatic rings. The van der Waals surface area contributed by atoms with E-state index >= 15 is 0 Å². The summed E-state index contributed by atoms with van der Waals surface area (Å²) in [4.78, 5) is 8.83. The third kappa shape index (κ3) is 3.95. The van der Waals surface area contributed by atoms with E-state index in [4.69, 9.17) is 0 Å². The lowest BCUT2D eigenvalue weighted by Crippen LogP contribution is -2.56. The summed E-state index contributed by atoms with van der Waals surface area (Å²) in [5, 5.41) is 5.35. The standard InChI is InChI=1S/C28H36N4/c1-31-24-8-5-9-25(31)19-23(18-24)29-22-12-14-32(15-13-22)26-10-4-7-20(16-26)28-17-21-6-2-3-11-27(21)30-28/h2-4,6-7,10-11,16-17,22-25,29-30H,5,8-9,12-15,18-19H2,1H3/t23?,24-,25+. The molecule has 2 bridgehead atoms. The number of nitrogens with zero attached hydrogens (tertiary/aromatic N) is 2. The summed E-state index contributed by atoms with van der Waals surface area (Å²) in [6, 6.07) is 22.9. The third-order valence-electron chi connectivity index (χ3n) is 8.36. The molecular formula is C28H36N4. The monoisotopic (exact) mass is 428 g/mol. The Labute approximate surface area is 192 Å². The minimum Gasteiger partial charge on any atom is -0.371 e. The Hall–Kier alpha value is -2.30. The van der Waals surface area contributed by atoms with Gasteiger partial charge in [0.1, 0.15) is 0 Å². The number of H-pyrrole nitrogens is 1. The maximum Gasteiger partial charge on any atom is 0.0465 e. The molecule has 0 aliphatic carbocycles. The molecule has 0 amide bonds. The van der Waals surface area contributed by atoms with Gasteiger partial charge in [-0.25, -0.2) is 0 Å². The van der Waals surface area contributed by atoms with Crippen molar-refractivity contribution in [2.75, 3.05) is 25.0 Å². The lowest BCUT2D eigenvalue weighted by Gasteiger charge is -2.48. The first-order chi connectivity index (χ1) is 15.7. The SMILES string of the molecule is CN1[C@@H]2CCC[C@H]1CC(NC1CCN(c3cccc(-c4cc5ccccc5[nH]4)c3)CC1)C2. The van der Waals surface area contributed by atoms with Crippen molar-refractivity contribution in [3.8, 4) is 11.3 Å². The number of aromatic amines is 1. The molecule has 1 unspecified atom stereocenters. The predicted octanol–water partition coefficient (Wildman–Crippen LogP) is 5.41. The Morgan fingerprint density at radius 1 is 0.844 bits per heavy atom. The summed E-state index contributed by atoms with van der Waals surface area (Å²) >= 11 is 0. The van der Waals surface area contributed by atoms with E-state index in [1.165, 1.54) is 72.8 Å². The average molecular weight is 429 g/mol. The van der Waals surface area contributed by atoms with E-state index in [0.29, 0.717) is 6.04 Å². The van der Waals surface area contributed by atoms with Gasteiger partial charge in [0, 0.05) is 59.5 Å². The van der Waals surface area contributed by atoms with Gasteiger partial charge >= 0.3 is 0 Å². The van der Waals surface area contributed by atoms with E-state index in [9.17, 15) is 0 Å². The zero-order chi connectivity index (χ0) is 21.5. The second-order valence-electron chi connectivity index (χ2n) is 10.3. The van der Waals surface area contributed by atoms with Crippen LogP contribution < -0.4 is 10.2 Å². The van der Waals surface area contributed by atoms with Gasteiger partial charge in [0.25, 0.3) is 0 Å². The molecule has 3 atom stereocenters. The van der Waals surface area contributed by atoms with Crippen LogP contribution >= 0.6 is 0 Å². The highest BCUT2D eigenvalue weighted by Crippen LogP contribution is 2.33. The van der Waals surface area contributed by atoms with Crippen LogP contribution in [0, 0.1) is 0 Å². The van der Waals surface area contributed by atoms with Crippen molar-refractivity contribution in [1.82, 2.24) is 15.2 Å². The molecule has 2 aromatic carbocycles. The van der Waals surface area contributed by atoms with Gasteiger partial charge < -0.3 is 20.1 Å². The molecule has 4 heterocycles. The van der Waals surface area contributed by atoms with Crippen LogP contribution in [0.4, 0.5) is 5.69 Å². The number of anilines is 1. The summed E-state index contributed by atoms with van der Waals surface area (Å²) in [6.45, 7) is 2.29. The van der Waals surface area contributed by atoms with Crippen molar-refractivity contribution < 1.29 is 0 Å². The summed E-state index contributed by atoms with van der Waals surface area (Å²) in [5.74, 6) is 0. The molecule has 32 heavy (non-hydrogen) atoms. The molecule has 6 rings (SSSR count). The third-order valence-corrected chi connectivity index (χ3v) is 8.36. The molecule has 168 valence electrons. The number of rotatable bonds is 4. The van der Waals surface area contributed by atoms with Crippen LogP contribution in [0.25, 0.3) is 22.2 Å². The fraction of sp³-hybridized carbons (Fsp3) is 0.500. The zero-order valence-corrected chi connectivity index (χ0v) is 19.3. The molecule has 3 aliphatic heterocycles. The Balaban J connectivity index is 1.09. The van der Waals surface area contributed by atoms with E-state index in [1.54, 1.807) is 0 Å². The number of nitrogens with one attached hydrogen (secondary N) is 2. The second kappa shape index (κ2) is 8.57. The molecule has 3 fully saturated rings. The summed E-state index contributed by atoms with van der Waals surface area (Å²) in [5.41, 5.74) is 5.04. The lowest BCUT2D eigenvalue weighted by atomic mass is 9.82. The van der Waals surface area contributed by atoms with Crippen molar-refractivity contribution in [2.24, 2.45) is 0 Å². The minimum atomic E-state index is 0.678. The van der Waals surface area contributed by atoms with Crippen LogP contribution in [0.2, 0.25) is 0 Å². The second-order valence-corrected chi connectivity index (χ2v) is 10.3. The number of fused-ring (bicyclic) bond motifs is 3. The summed E-state index contributed by atoms with van der Waals surface area (Å²) in [6.07, 6.45) is 9.42. The summed E-state index contributed by atoms with van der Waals surface area (Å²) in [7, 11) is 2.35. The first-order valence-corrected chi connectivity index (χ1v) is 12.6. The maximum absolute atomic E-state index is 4.07. The van der Waals surface area contributed by atoms with E-state index in [-0.39, 0.29) is 0 Å². The van der Waals surface area contributed by atoms with Gasteiger partial charge in [0.15, 0.2) is 0 Å². The highest BCUT2D eigenvalue weighted by molar-refractivity contribution is 5.86. The number of para-hydroxylation sites is 1. The minimum absolute atomic E-state index is 0.678. The molecule has 2 N–H and O–H groups in total. The normalized spacial score (nSPS) is 27.2. The fourth-order valence-electron chi connectivity index (χ4n) is 6.49. The molecule has 3 saturated heterocycles. The van der Waals surface area contributed by atoms with Crippen LogP contribution in [0.15, 0.2) is 54.6 Å². The molecule has 0 spiro atoms. The first-order valence-electron chi connectivity index (χ1n) is 12.6. The molecule has 4 nitrogen and oxygen atoms in total. The molecule has 0 saturated carbocycles. The molecular weight excluding hydrogens is 392 g/mol. The molecule has 3 aliphatic rings. The van der Waals surface area contributed by atoms with Crippen molar-refractivity contribution in [3.05, 3.63) is 54.6 Å². The Morgan fingerprint density at radius 2 is 1.62 bits per heavy atom. The van der Waals surface area contributed by atoms with E-state index in [1.807, 2.05) is 0 Å². The largest absolute Gasteiger partial charge is 0.371 e. The van der Waals surface area contributed by atoms with E-state index < -0.39 is 0 Å². The Bertz CT molecular complexity index is 1020. The van der Waals surface area contributed by atoms with Gasteiger partial charge in [-0.1, -0.05) is 36.8 Å². The van der Waals surface area contributed by atoms with Crippen molar-refractivity contribution in [3.63, 3.8) is 0 Å². The van der Waals surface area contributed by atoms with Crippen molar-refractivity contribution in [1.29, 1.82) is 0 Å². The Morgan fingerprint density at radius 3 is 2.41 bits per heavy atom. The quantitative estimate of drug-likeness (QED) is 0.583. The summed E-state index contributed by atoms with van der Waals surface area (Å²) < 4.78 is 0. The zero-order valence-electron chi connectivity index (χ0n) is 19.3. The Kier molecular flexibility index (Phi) is 5.44. The highest BCUT2D eigenvalue weighted by atomic mass is 15.2. The highest BCUT2D eigenvalue weighted by Gasteiger charge is 2.36. The van der Waals surface area contributed by atoms with E-state index in [2.05, 4.69) is 81.7 Å². The molecule has 4 heteroatoms. The van der Waals surface area contributed by atoms with Gasteiger partial charge in [-0.3, -0.25) is 0 Å². The lowest BCUT2D eigenvalue weighted by molar-refractivity contribution is 0.0449. The number of benzene rings is 2. The number of aromatic nitrogens is 1. The van der Waals surface area contributed by atoms with Gasteiger partial charge in [-0.05, 0) is 75.4 Å². The van der Waals surface area contributed by atoms with Crippen LogP contribution in [0.1, 0.15) is 44.9 Å².